The Morgan fingerprint density at radius 3 is 1.81 bits per heavy atom. The summed E-state index contributed by atoms with van der Waals surface area (Å²) in [6, 6.07) is 0. The molecular formula is C26H48. The lowest BCUT2D eigenvalue weighted by Crippen LogP contribution is -2.46. The van der Waals surface area contributed by atoms with Crippen molar-refractivity contribution in [3.63, 3.8) is 0 Å². The molecule has 0 radical (unpaired) electrons. The van der Waals surface area contributed by atoms with E-state index in [4.69, 9.17) is 0 Å². The zero-order valence-electron chi connectivity index (χ0n) is 18.3. The van der Waals surface area contributed by atoms with Gasteiger partial charge in [0.1, 0.15) is 0 Å². The van der Waals surface area contributed by atoms with Crippen LogP contribution in [-0.4, -0.2) is 0 Å². The van der Waals surface area contributed by atoms with Crippen molar-refractivity contribution in [1.82, 2.24) is 0 Å². The molecule has 0 aromatic heterocycles. The molecule has 4 fully saturated rings. The van der Waals surface area contributed by atoms with Gasteiger partial charge in [-0.2, -0.15) is 0 Å². The van der Waals surface area contributed by atoms with Gasteiger partial charge in [-0.05, 0) is 80.5 Å². The maximum Gasteiger partial charge on any atom is -0.0269 e. The number of unbranched alkanes of at least 4 members (excludes halogenated alkanes) is 6. The van der Waals surface area contributed by atoms with Gasteiger partial charge in [0.2, 0.25) is 0 Å². The molecule has 0 aromatic rings. The second-order valence-corrected chi connectivity index (χ2v) is 10.7. The first-order chi connectivity index (χ1) is 12.7. The minimum absolute atomic E-state index is 0.797. The van der Waals surface area contributed by atoms with Gasteiger partial charge in [-0.25, -0.2) is 0 Å². The Bertz CT molecular complexity index is 362. The highest BCUT2D eigenvalue weighted by Crippen LogP contribution is 2.63. The molecule has 0 atom stereocenters. The fraction of sp³-hybridized carbons (Fsp3) is 1.00. The van der Waals surface area contributed by atoms with E-state index in [-0.39, 0.29) is 0 Å². The van der Waals surface area contributed by atoms with Crippen LogP contribution in [-0.2, 0) is 0 Å². The molecule has 0 aromatic carbocycles. The fourth-order valence-electron chi connectivity index (χ4n) is 7.13. The molecule has 4 aliphatic rings. The van der Waals surface area contributed by atoms with Crippen LogP contribution < -0.4 is 0 Å². The van der Waals surface area contributed by atoms with Gasteiger partial charge in [-0.3, -0.25) is 0 Å². The van der Waals surface area contributed by atoms with Crippen molar-refractivity contribution in [3.8, 4) is 0 Å². The van der Waals surface area contributed by atoms with E-state index in [0.717, 1.165) is 22.7 Å². The number of hydrogen-bond donors (Lipinski definition) is 0. The average molecular weight is 361 g/mol. The molecule has 26 heavy (non-hydrogen) atoms. The van der Waals surface area contributed by atoms with Crippen molar-refractivity contribution in [2.45, 2.75) is 142 Å². The first-order valence-electron chi connectivity index (χ1n) is 12.7. The molecule has 4 saturated carbocycles. The predicted octanol–water partition coefficient (Wildman–Crippen LogP) is 9.07. The minimum Gasteiger partial charge on any atom is -0.0654 e. The van der Waals surface area contributed by atoms with E-state index in [1.807, 2.05) is 0 Å². The molecule has 0 nitrogen and oxygen atoms in total. The summed E-state index contributed by atoms with van der Waals surface area (Å²) in [5.41, 5.74) is 1.60. The van der Waals surface area contributed by atoms with Gasteiger partial charge in [-0.15, -0.1) is 0 Å². The van der Waals surface area contributed by atoms with E-state index in [0.29, 0.717) is 0 Å². The normalized spacial score (nSPS) is 37.2. The lowest BCUT2D eigenvalue weighted by molar-refractivity contribution is -0.0655. The lowest BCUT2D eigenvalue weighted by atomic mass is 9.47. The number of rotatable bonds is 11. The van der Waals surface area contributed by atoms with Crippen LogP contribution in [0.4, 0.5) is 0 Å². The highest BCUT2D eigenvalue weighted by molar-refractivity contribution is 5.02. The van der Waals surface area contributed by atoms with E-state index < -0.39 is 0 Å². The van der Waals surface area contributed by atoms with Crippen LogP contribution >= 0.6 is 0 Å². The Labute approximate surface area is 165 Å². The zero-order valence-corrected chi connectivity index (χ0v) is 18.3. The van der Waals surface area contributed by atoms with Crippen molar-refractivity contribution in [2.75, 3.05) is 0 Å². The Kier molecular flexibility index (Phi) is 7.95. The summed E-state index contributed by atoms with van der Waals surface area (Å²) < 4.78 is 0. The van der Waals surface area contributed by atoms with Gasteiger partial charge in [-0.1, -0.05) is 84.5 Å². The first kappa shape index (κ1) is 20.7. The molecular weight excluding hydrogens is 312 g/mol. The van der Waals surface area contributed by atoms with Crippen molar-refractivity contribution < 1.29 is 0 Å². The molecule has 0 saturated heterocycles. The highest BCUT2D eigenvalue weighted by atomic mass is 14.6. The largest absolute Gasteiger partial charge is 0.0654 e. The SMILES string of the molecule is CCCCCCCC12CCC([C@H]3CC[C@H](CCCCC)CC3)(CC1)CC2. The summed E-state index contributed by atoms with van der Waals surface area (Å²) >= 11 is 0. The summed E-state index contributed by atoms with van der Waals surface area (Å²) in [5, 5.41) is 0. The van der Waals surface area contributed by atoms with Crippen molar-refractivity contribution in [2.24, 2.45) is 22.7 Å². The maximum atomic E-state index is 2.34. The van der Waals surface area contributed by atoms with Crippen molar-refractivity contribution in [3.05, 3.63) is 0 Å². The maximum absolute atomic E-state index is 2.34. The highest BCUT2D eigenvalue weighted by Gasteiger charge is 2.51. The molecule has 2 bridgehead atoms. The van der Waals surface area contributed by atoms with Gasteiger partial charge >= 0.3 is 0 Å². The average Bonchev–Trinajstić information content (AvgIpc) is 2.70. The van der Waals surface area contributed by atoms with Gasteiger partial charge in [0.05, 0.1) is 0 Å². The van der Waals surface area contributed by atoms with Crippen molar-refractivity contribution in [1.29, 1.82) is 0 Å². The first-order valence-corrected chi connectivity index (χ1v) is 12.7. The second kappa shape index (κ2) is 9.97. The van der Waals surface area contributed by atoms with E-state index in [1.54, 1.807) is 70.6 Å². The van der Waals surface area contributed by atoms with E-state index >= 15 is 0 Å². The van der Waals surface area contributed by atoms with Crippen LogP contribution in [0.5, 0.6) is 0 Å². The fourth-order valence-corrected chi connectivity index (χ4v) is 7.13. The van der Waals surface area contributed by atoms with Crippen LogP contribution in [0.15, 0.2) is 0 Å². The second-order valence-electron chi connectivity index (χ2n) is 10.7. The Hall–Kier alpha value is 0. The Morgan fingerprint density at radius 1 is 0.615 bits per heavy atom. The van der Waals surface area contributed by atoms with E-state index in [9.17, 15) is 0 Å². The predicted molar refractivity (Wildman–Crippen MR) is 116 cm³/mol. The third-order valence-electron chi connectivity index (χ3n) is 9.20. The molecule has 0 heteroatoms. The molecule has 4 aliphatic carbocycles. The number of fused-ring (bicyclic) bond motifs is 3. The molecule has 0 unspecified atom stereocenters. The van der Waals surface area contributed by atoms with Crippen LogP contribution in [0.2, 0.25) is 0 Å². The summed E-state index contributed by atoms with van der Waals surface area (Å²) in [6.07, 6.45) is 30.7. The minimum atomic E-state index is 0.797. The summed E-state index contributed by atoms with van der Waals surface area (Å²) in [6.45, 7) is 4.67. The molecule has 0 heterocycles. The van der Waals surface area contributed by atoms with E-state index in [2.05, 4.69) is 13.8 Å². The van der Waals surface area contributed by atoms with E-state index in [1.165, 1.54) is 57.8 Å². The van der Waals surface area contributed by atoms with Crippen LogP contribution in [0, 0.1) is 22.7 Å². The Balaban J connectivity index is 1.39. The standard InChI is InChI=1S/C26H48/c1-3-5-7-8-10-16-25-17-20-26(21-18-25,22-19-25)24-14-12-23(13-15-24)11-9-6-4-2/h23-24H,3-22H2,1-2H3/t23-,24-,25?,26?. The summed E-state index contributed by atoms with van der Waals surface area (Å²) in [7, 11) is 0. The number of hydrogen-bond acceptors (Lipinski definition) is 0. The third kappa shape index (κ3) is 5.08. The zero-order chi connectivity index (χ0) is 18.3. The van der Waals surface area contributed by atoms with Gasteiger partial charge in [0.25, 0.3) is 0 Å². The third-order valence-corrected chi connectivity index (χ3v) is 9.20. The van der Waals surface area contributed by atoms with Crippen LogP contribution in [0.1, 0.15) is 142 Å². The molecule has 0 aliphatic heterocycles. The Morgan fingerprint density at radius 2 is 1.19 bits per heavy atom. The quantitative estimate of drug-likeness (QED) is 0.322. The topological polar surface area (TPSA) is 0 Å². The van der Waals surface area contributed by atoms with Crippen LogP contribution in [0.3, 0.4) is 0 Å². The van der Waals surface area contributed by atoms with Crippen molar-refractivity contribution >= 4 is 0 Å². The van der Waals surface area contributed by atoms with Gasteiger partial charge < -0.3 is 0 Å². The van der Waals surface area contributed by atoms with Gasteiger partial charge in [0.15, 0.2) is 0 Å². The summed E-state index contributed by atoms with van der Waals surface area (Å²) in [5.74, 6) is 2.19. The molecule has 0 amide bonds. The lowest BCUT2D eigenvalue weighted by Gasteiger charge is -2.58. The monoisotopic (exact) mass is 360 g/mol. The van der Waals surface area contributed by atoms with Gasteiger partial charge in [0, 0.05) is 0 Å². The smallest absolute Gasteiger partial charge is 0.0269 e. The molecule has 152 valence electrons. The molecule has 0 spiro atoms. The molecule has 0 N–H and O–H groups in total. The summed E-state index contributed by atoms with van der Waals surface area (Å²) in [4.78, 5) is 0. The van der Waals surface area contributed by atoms with Crippen LogP contribution in [0.25, 0.3) is 0 Å². The molecule has 4 rings (SSSR count).